The number of aromatic nitrogens is 4. The predicted octanol–water partition coefficient (Wildman–Crippen LogP) is 4.24. The first-order chi connectivity index (χ1) is 16.8. The molecule has 0 aliphatic carbocycles. The van der Waals surface area contributed by atoms with Gasteiger partial charge in [0.2, 0.25) is 0 Å². The van der Waals surface area contributed by atoms with Crippen LogP contribution in [0, 0.1) is 11.7 Å². The first kappa shape index (κ1) is 24.8. The second kappa shape index (κ2) is 10.5. The zero-order valence-corrected chi connectivity index (χ0v) is 19.1. The molecule has 4 rings (SSSR count). The molecule has 0 spiro atoms. The summed E-state index contributed by atoms with van der Waals surface area (Å²) in [6.45, 7) is 3.36. The molecule has 1 atom stereocenters. The van der Waals surface area contributed by atoms with Crippen molar-refractivity contribution in [3.63, 3.8) is 0 Å². The summed E-state index contributed by atoms with van der Waals surface area (Å²) < 4.78 is 59.5. The van der Waals surface area contributed by atoms with E-state index in [0.717, 1.165) is 17.7 Å². The van der Waals surface area contributed by atoms with Crippen molar-refractivity contribution in [3.05, 3.63) is 76.9 Å². The van der Waals surface area contributed by atoms with E-state index >= 15 is 0 Å². The number of likely N-dealkylation sites (tertiary alicyclic amines) is 1. The highest BCUT2D eigenvalue weighted by Gasteiger charge is 2.35. The van der Waals surface area contributed by atoms with E-state index < -0.39 is 17.8 Å². The Kier molecular flexibility index (Phi) is 7.44. The lowest BCUT2D eigenvalue weighted by Gasteiger charge is -2.36. The van der Waals surface area contributed by atoms with Crippen molar-refractivity contribution in [2.45, 2.75) is 38.5 Å². The van der Waals surface area contributed by atoms with Gasteiger partial charge < -0.3 is 4.74 Å². The molecule has 1 fully saturated rings. The molecule has 3 aromatic rings. The second-order valence-corrected chi connectivity index (χ2v) is 8.41. The van der Waals surface area contributed by atoms with Gasteiger partial charge in [-0.1, -0.05) is 24.3 Å². The fraction of sp³-hybridized carbons (Fsp3) is 0.417. The molecule has 0 amide bonds. The molecule has 0 bridgehead atoms. The summed E-state index contributed by atoms with van der Waals surface area (Å²) in [5.74, 6) is -0.379. The third kappa shape index (κ3) is 5.84. The molecule has 1 aromatic heterocycles. The average molecular weight is 491 g/mol. The lowest BCUT2D eigenvalue weighted by molar-refractivity contribution is -0.149. The number of hydrogen-bond acceptors (Lipinski definition) is 6. The Bertz CT molecular complexity index is 1120. The molecule has 0 saturated carbocycles. The molecule has 0 N–H and O–H groups in total. The van der Waals surface area contributed by atoms with E-state index in [9.17, 15) is 22.4 Å². The number of carbonyl (C=O) groups excluding carboxylic acids is 1. The highest BCUT2D eigenvalue weighted by atomic mass is 19.4. The van der Waals surface area contributed by atoms with Crippen molar-refractivity contribution in [3.8, 4) is 0 Å². The number of ether oxygens (including phenoxy) is 1. The molecule has 11 heteroatoms. The first-order valence-corrected chi connectivity index (χ1v) is 11.3. The van der Waals surface area contributed by atoms with Crippen LogP contribution in [0.2, 0.25) is 0 Å². The van der Waals surface area contributed by atoms with Gasteiger partial charge in [0.15, 0.2) is 5.82 Å². The van der Waals surface area contributed by atoms with Gasteiger partial charge >= 0.3 is 12.1 Å². The highest BCUT2D eigenvalue weighted by molar-refractivity contribution is 5.72. The Hall–Kier alpha value is -3.34. The van der Waals surface area contributed by atoms with Gasteiger partial charge in [0.05, 0.1) is 30.7 Å². The molecule has 186 valence electrons. The van der Waals surface area contributed by atoms with Gasteiger partial charge in [-0.2, -0.15) is 13.2 Å². The maximum Gasteiger partial charge on any atom is 0.416 e. The second-order valence-electron chi connectivity index (χ2n) is 8.41. The first-order valence-electron chi connectivity index (χ1n) is 11.3. The molecule has 7 nitrogen and oxygen atoms in total. The van der Waals surface area contributed by atoms with Crippen LogP contribution in [-0.4, -0.2) is 50.8 Å². The Morgan fingerprint density at radius 1 is 1.09 bits per heavy atom. The van der Waals surface area contributed by atoms with Gasteiger partial charge in [0, 0.05) is 0 Å². The molecular weight excluding hydrogens is 466 g/mol. The predicted molar refractivity (Wildman–Crippen MR) is 118 cm³/mol. The van der Waals surface area contributed by atoms with E-state index in [4.69, 9.17) is 4.74 Å². The number of carbonyl (C=O) groups is 1. The van der Waals surface area contributed by atoms with Crippen molar-refractivity contribution < 1.29 is 27.1 Å². The molecular formula is C24H25F4N5O2. The Labute approximate surface area is 199 Å². The molecule has 1 aliphatic rings. The van der Waals surface area contributed by atoms with Crippen molar-refractivity contribution in [1.29, 1.82) is 0 Å². The number of tetrazole rings is 1. The molecule has 2 aromatic carbocycles. The number of halogens is 4. The third-order valence-corrected chi connectivity index (χ3v) is 6.12. The number of alkyl halides is 3. The maximum atomic E-state index is 13.3. The molecule has 1 unspecified atom stereocenters. The van der Waals surface area contributed by atoms with E-state index in [1.54, 1.807) is 23.7 Å². The van der Waals surface area contributed by atoms with E-state index in [1.165, 1.54) is 24.3 Å². The standard InChI is InChI=1S/C24H25F4N5O2/c1-2-35-23(34)18-11-13-32(14-12-18)21(17-5-7-19(8-6-17)24(26,27)28)22-29-30-31-33(22)15-16-3-9-20(25)10-4-16/h3-10,18,21H,2,11-15H2,1H3. The van der Waals surface area contributed by atoms with Crippen LogP contribution in [-0.2, 0) is 22.3 Å². The van der Waals surface area contributed by atoms with Gasteiger partial charge in [0.1, 0.15) is 5.82 Å². The van der Waals surface area contributed by atoms with Crippen LogP contribution in [0.25, 0.3) is 0 Å². The minimum Gasteiger partial charge on any atom is -0.466 e. The van der Waals surface area contributed by atoms with Crippen LogP contribution in [0.15, 0.2) is 48.5 Å². The molecule has 0 radical (unpaired) electrons. The normalized spacial score (nSPS) is 16.3. The Morgan fingerprint density at radius 3 is 2.34 bits per heavy atom. The van der Waals surface area contributed by atoms with E-state index in [-0.39, 0.29) is 24.2 Å². The Morgan fingerprint density at radius 2 is 1.74 bits per heavy atom. The summed E-state index contributed by atoms with van der Waals surface area (Å²) >= 11 is 0. The largest absolute Gasteiger partial charge is 0.466 e. The van der Waals surface area contributed by atoms with Gasteiger partial charge in [-0.25, -0.2) is 9.07 Å². The molecule has 1 aliphatic heterocycles. The van der Waals surface area contributed by atoms with Gasteiger partial charge in [-0.3, -0.25) is 9.69 Å². The van der Waals surface area contributed by atoms with Gasteiger partial charge in [-0.15, -0.1) is 5.10 Å². The van der Waals surface area contributed by atoms with Crippen molar-refractivity contribution in [2.75, 3.05) is 19.7 Å². The van der Waals surface area contributed by atoms with Gasteiger partial charge in [-0.05, 0) is 78.7 Å². The lowest BCUT2D eigenvalue weighted by atomic mass is 9.93. The maximum absolute atomic E-state index is 13.3. The van der Waals surface area contributed by atoms with E-state index in [0.29, 0.717) is 43.9 Å². The van der Waals surface area contributed by atoms with Crippen molar-refractivity contribution >= 4 is 5.97 Å². The number of rotatable bonds is 7. The summed E-state index contributed by atoms with van der Waals surface area (Å²) in [6, 6.07) is 10.3. The monoisotopic (exact) mass is 491 g/mol. The number of nitrogens with zero attached hydrogens (tertiary/aromatic N) is 5. The number of esters is 1. The minimum absolute atomic E-state index is 0.227. The van der Waals surface area contributed by atoms with Crippen LogP contribution in [0.1, 0.15) is 48.3 Å². The van der Waals surface area contributed by atoms with Crippen LogP contribution in [0.4, 0.5) is 17.6 Å². The summed E-state index contributed by atoms with van der Waals surface area (Å²) in [6.07, 6.45) is -3.35. The quantitative estimate of drug-likeness (QED) is 0.364. The fourth-order valence-electron chi connectivity index (χ4n) is 4.31. The zero-order chi connectivity index (χ0) is 25.0. The average Bonchev–Trinajstić information content (AvgIpc) is 3.28. The molecule has 1 saturated heterocycles. The van der Waals surface area contributed by atoms with E-state index in [1.807, 2.05) is 0 Å². The smallest absolute Gasteiger partial charge is 0.416 e. The number of benzene rings is 2. The van der Waals surface area contributed by atoms with Gasteiger partial charge in [0.25, 0.3) is 0 Å². The number of piperidine rings is 1. The highest BCUT2D eigenvalue weighted by Crippen LogP contribution is 2.34. The van der Waals surface area contributed by atoms with E-state index in [2.05, 4.69) is 20.4 Å². The van der Waals surface area contributed by atoms with Crippen LogP contribution in [0.5, 0.6) is 0 Å². The zero-order valence-electron chi connectivity index (χ0n) is 19.1. The minimum atomic E-state index is -4.45. The van der Waals surface area contributed by atoms with Crippen molar-refractivity contribution in [1.82, 2.24) is 25.1 Å². The topological polar surface area (TPSA) is 73.1 Å². The number of hydrogen-bond donors (Lipinski definition) is 0. The SMILES string of the molecule is CCOC(=O)C1CCN(C(c2ccc(C(F)(F)F)cc2)c2nnnn2Cc2ccc(F)cc2)CC1. The summed E-state index contributed by atoms with van der Waals surface area (Å²) in [5.41, 5.74) is 0.627. The molecule has 35 heavy (non-hydrogen) atoms. The van der Waals surface area contributed by atoms with Crippen molar-refractivity contribution in [2.24, 2.45) is 5.92 Å². The van der Waals surface area contributed by atoms with Crippen LogP contribution in [0.3, 0.4) is 0 Å². The summed E-state index contributed by atoms with van der Waals surface area (Å²) in [5, 5.41) is 12.1. The molecule has 2 heterocycles. The Balaban J connectivity index is 1.64. The summed E-state index contributed by atoms with van der Waals surface area (Å²) in [7, 11) is 0. The lowest BCUT2D eigenvalue weighted by Crippen LogP contribution is -2.40. The third-order valence-electron chi connectivity index (χ3n) is 6.12. The van der Waals surface area contributed by atoms with Crippen LogP contribution < -0.4 is 0 Å². The van der Waals surface area contributed by atoms with Crippen LogP contribution >= 0.6 is 0 Å². The summed E-state index contributed by atoms with van der Waals surface area (Å²) in [4.78, 5) is 14.2. The fourth-order valence-corrected chi connectivity index (χ4v) is 4.31.